The van der Waals surface area contributed by atoms with Gasteiger partial charge >= 0.3 is 12.1 Å². The van der Waals surface area contributed by atoms with Crippen LogP contribution in [-0.2, 0) is 21.4 Å². The van der Waals surface area contributed by atoms with Crippen molar-refractivity contribution in [2.24, 2.45) is 0 Å². The summed E-state index contributed by atoms with van der Waals surface area (Å²) in [6.45, 7) is 1.40. The molecule has 36 heavy (non-hydrogen) atoms. The van der Waals surface area contributed by atoms with Gasteiger partial charge in [0.25, 0.3) is 5.95 Å². The number of fused-ring (bicyclic) bond motifs is 2. The molecule has 15 heteroatoms. The van der Waals surface area contributed by atoms with Gasteiger partial charge in [0.2, 0.25) is 11.8 Å². The third-order valence-electron chi connectivity index (χ3n) is 6.27. The molecule has 3 aromatic heterocycles. The van der Waals surface area contributed by atoms with E-state index in [0.29, 0.717) is 0 Å². The summed E-state index contributed by atoms with van der Waals surface area (Å²) < 4.78 is 66.0. The van der Waals surface area contributed by atoms with E-state index in [1.807, 2.05) is 0 Å². The van der Waals surface area contributed by atoms with Crippen LogP contribution in [-0.4, -0.2) is 54.7 Å². The third kappa shape index (κ3) is 3.69. The molecule has 1 fully saturated rings. The second-order valence-corrected chi connectivity index (χ2v) is 8.89. The lowest BCUT2D eigenvalue weighted by Gasteiger charge is -2.21. The van der Waals surface area contributed by atoms with E-state index < -0.39 is 42.2 Å². The zero-order chi connectivity index (χ0) is 26.0. The summed E-state index contributed by atoms with van der Waals surface area (Å²) in [4.78, 5) is 38.1. The highest BCUT2D eigenvalue weighted by molar-refractivity contribution is 6.20. The Kier molecular flexibility index (Phi) is 5.16. The van der Waals surface area contributed by atoms with Crippen LogP contribution in [0.4, 0.5) is 33.6 Å². The molecule has 0 saturated heterocycles. The maximum absolute atomic E-state index is 13.5. The number of carbonyl (C=O) groups is 2. The van der Waals surface area contributed by atoms with Crippen LogP contribution in [0, 0.1) is 0 Å². The number of amides is 2. The molecule has 2 amide bonds. The van der Waals surface area contributed by atoms with Crippen LogP contribution in [0.3, 0.4) is 0 Å². The number of nitrogens with two attached hydrogens (primary N) is 1. The van der Waals surface area contributed by atoms with E-state index >= 15 is 0 Å². The number of nitrogens with one attached hydrogen (secondary N) is 2. The molecule has 1 unspecified atom stereocenters. The Morgan fingerprint density at radius 2 is 2.00 bits per heavy atom. The maximum atomic E-state index is 13.5. The van der Waals surface area contributed by atoms with E-state index in [0.717, 1.165) is 17.5 Å². The molecule has 1 saturated carbocycles. The van der Waals surface area contributed by atoms with E-state index in [1.165, 1.54) is 25.3 Å². The van der Waals surface area contributed by atoms with Gasteiger partial charge in [-0.2, -0.15) is 41.7 Å². The monoisotopic (exact) mass is 510 g/mol. The number of rotatable bonds is 6. The van der Waals surface area contributed by atoms with Crippen molar-refractivity contribution in [3.8, 4) is 5.95 Å². The first-order valence-electron chi connectivity index (χ1n) is 10.9. The highest BCUT2D eigenvalue weighted by Crippen LogP contribution is 2.42. The molecule has 0 bridgehead atoms. The number of aromatic nitrogens is 5. The lowest BCUT2D eigenvalue weighted by molar-refractivity contribution is -0.284. The van der Waals surface area contributed by atoms with Gasteiger partial charge in [0.05, 0.1) is 16.8 Å². The summed E-state index contributed by atoms with van der Waals surface area (Å²) >= 11 is 0. The van der Waals surface area contributed by atoms with Crippen LogP contribution in [0.15, 0.2) is 18.3 Å². The molecule has 4 N–H and O–H groups in total. The minimum atomic E-state index is -5.70. The normalized spacial score (nSPS) is 19.9. The van der Waals surface area contributed by atoms with Gasteiger partial charge < -0.3 is 16.4 Å². The summed E-state index contributed by atoms with van der Waals surface area (Å²) in [6.07, 6.45) is -5.02. The van der Waals surface area contributed by atoms with Gasteiger partial charge in [-0.3, -0.25) is 14.6 Å². The zero-order valence-electron chi connectivity index (χ0n) is 18.7. The van der Waals surface area contributed by atoms with Gasteiger partial charge in [-0.25, -0.2) is 0 Å². The summed E-state index contributed by atoms with van der Waals surface area (Å²) in [5, 5.41) is 9.42. The van der Waals surface area contributed by atoms with Crippen molar-refractivity contribution in [1.82, 2.24) is 30.0 Å². The first kappa shape index (κ1) is 23.8. The van der Waals surface area contributed by atoms with Gasteiger partial charge in [-0.1, -0.05) is 0 Å². The summed E-state index contributed by atoms with van der Waals surface area (Å²) in [6, 6.07) is 2.99. The highest BCUT2D eigenvalue weighted by Gasteiger charge is 2.57. The van der Waals surface area contributed by atoms with Crippen LogP contribution in [0.2, 0.25) is 0 Å². The number of nitrogen functional groups attached to an aromatic ring is 1. The van der Waals surface area contributed by atoms with Crippen LogP contribution < -0.4 is 16.4 Å². The number of pyridine rings is 1. The predicted octanol–water partition coefficient (Wildman–Crippen LogP) is 2.41. The van der Waals surface area contributed by atoms with Crippen molar-refractivity contribution in [2.75, 3.05) is 11.1 Å². The third-order valence-corrected chi connectivity index (χ3v) is 6.27. The van der Waals surface area contributed by atoms with E-state index in [4.69, 9.17) is 5.73 Å². The molecule has 1 aliphatic heterocycles. The lowest BCUT2D eigenvalue weighted by Crippen LogP contribution is -2.48. The molecular formula is C21H19F5N8O2. The number of carbonyl (C=O) groups excluding carboxylic acids is 2. The molecule has 4 heterocycles. The largest absolute Gasteiger partial charge is 0.453 e. The highest BCUT2D eigenvalue weighted by atomic mass is 19.4. The van der Waals surface area contributed by atoms with Gasteiger partial charge in [-0.05, 0) is 38.3 Å². The van der Waals surface area contributed by atoms with Crippen molar-refractivity contribution in [2.45, 2.75) is 56.2 Å². The van der Waals surface area contributed by atoms with E-state index in [-0.39, 0.29) is 45.9 Å². The van der Waals surface area contributed by atoms with Gasteiger partial charge in [0.15, 0.2) is 5.41 Å². The fourth-order valence-electron chi connectivity index (χ4n) is 4.01. The molecular weight excluding hydrogens is 491 g/mol. The Morgan fingerprint density at radius 1 is 1.28 bits per heavy atom. The number of hydrogen-bond donors (Lipinski definition) is 3. The SMILES string of the molecule is CC1(C(=O)NC2CC2)C(=O)Nc2nc(-n3nc(CCC(F)(F)C(F)(F)F)c4ncccc43)nc(N)c21. The molecule has 190 valence electrons. The van der Waals surface area contributed by atoms with Crippen LogP contribution in [0.1, 0.15) is 37.4 Å². The lowest BCUT2D eigenvalue weighted by atomic mass is 9.83. The first-order valence-corrected chi connectivity index (χ1v) is 10.9. The number of anilines is 2. The maximum Gasteiger partial charge on any atom is 0.453 e. The smallest absolute Gasteiger partial charge is 0.383 e. The molecule has 1 atom stereocenters. The van der Waals surface area contributed by atoms with Crippen LogP contribution >= 0.6 is 0 Å². The molecule has 0 spiro atoms. The van der Waals surface area contributed by atoms with E-state index in [2.05, 4.69) is 30.7 Å². The quantitative estimate of drug-likeness (QED) is 0.342. The zero-order valence-corrected chi connectivity index (χ0v) is 18.7. The average molecular weight is 510 g/mol. The standard InChI is InChI=1S/C21H19F5N8O2/c1-19(16(35)29-9-4-5-9)12-14(27)30-18(32-15(12)31-17(19)36)34-11-3-2-8-28-13(11)10(33-34)6-7-20(22,23)21(24,25)26/h2-3,8-9H,4-7H2,1H3,(H,29,35)(H3,27,30,31,32,36). The fraction of sp³-hybridized carbons (Fsp3) is 0.429. The van der Waals surface area contributed by atoms with Crippen molar-refractivity contribution >= 4 is 34.5 Å². The Balaban J connectivity index is 1.54. The molecule has 0 radical (unpaired) electrons. The number of alkyl halides is 5. The predicted molar refractivity (Wildman–Crippen MR) is 115 cm³/mol. The summed E-state index contributed by atoms with van der Waals surface area (Å²) in [5.74, 6) is -6.54. The van der Waals surface area contributed by atoms with Crippen molar-refractivity contribution < 1.29 is 31.5 Å². The molecule has 2 aliphatic rings. The Morgan fingerprint density at radius 3 is 2.67 bits per heavy atom. The van der Waals surface area contributed by atoms with E-state index in [9.17, 15) is 31.5 Å². The number of halogens is 5. The Hall–Kier alpha value is -3.91. The van der Waals surface area contributed by atoms with Crippen molar-refractivity contribution in [3.63, 3.8) is 0 Å². The van der Waals surface area contributed by atoms with Crippen molar-refractivity contribution in [1.29, 1.82) is 0 Å². The Labute approximate surface area is 199 Å². The van der Waals surface area contributed by atoms with E-state index in [1.54, 1.807) is 0 Å². The molecule has 3 aromatic rings. The van der Waals surface area contributed by atoms with Gasteiger partial charge in [-0.15, -0.1) is 0 Å². The van der Waals surface area contributed by atoms with Gasteiger partial charge in [0, 0.05) is 18.7 Å². The summed E-state index contributed by atoms with van der Waals surface area (Å²) in [7, 11) is 0. The average Bonchev–Trinajstić information content (AvgIpc) is 3.47. The second kappa shape index (κ2) is 7.80. The number of hydrogen-bond acceptors (Lipinski definition) is 7. The molecule has 5 rings (SSSR count). The van der Waals surface area contributed by atoms with Gasteiger partial charge in [0.1, 0.15) is 17.2 Å². The van der Waals surface area contributed by atoms with Crippen LogP contribution in [0.5, 0.6) is 0 Å². The number of nitrogens with zero attached hydrogens (tertiary/aromatic N) is 5. The molecule has 10 nitrogen and oxygen atoms in total. The molecule has 1 aliphatic carbocycles. The summed E-state index contributed by atoms with van der Waals surface area (Å²) in [5.41, 5.74) is 4.71. The van der Waals surface area contributed by atoms with Crippen LogP contribution in [0.25, 0.3) is 17.0 Å². The minimum absolute atomic E-state index is 0.0151. The topological polar surface area (TPSA) is 141 Å². The minimum Gasteiger partial charge on any atom is -0.383 e. The second-order valence-electron chi connectivity index (χ2n) is 8.89. The Bertz CT molecular complexity index is 1400. The molecule has 0 aromatic carbocycles. The first-order chi connectivity index (χ1) is 16.8. The number of aryl methyl sites for hydroxylation is 1. The van der Waals surface area contributed by atoms with Crippen molar-refractivity contribution in [3.05, 3.63) is 29.6 Å². The fourth-order valence-corrected chi connectivity index (χ4v) is 4.01.